The van der Waals surface area contributed by atoms with Crippen molar-refractivity contribution in [3.63, 3.8) is 0 Å². The fourth-order valence-corrected chi connectivity index (χ4v) is 2.13. The van der Waals surface area contributed by atoms with Gasteiger partial charge in [-0.25, -0.2) is 0 Å². The molecule has 2 aromatic rings. The van der Waals surface area contributed by atoms with Crippen LogP contribution in [0.15, 0.2) is 28.7 Å². The molecule has 0 bridgehead atoms. The number of aliphatic carboxylic acids is 1. The van der Waals surface area contributed by atoms with E-state index in [9.17, 15) is 4.79 Å². The number of carboxylic acids is 1. The number of hydrogen-bond acceptors (Lipinski definition) is 4. The third-order valence-corrected chi connectivity index (χ3v) is 3.10. The van der Waals surface area contributed by atoms with Gasteiger partial charge in [0.05, 0.1) is 6.42 Å². The maximum absolute atomic E-state index is 10.8. The van der Waals surface area contributed by atoms with Gasteiger partial charge in [-0.05, 0) is 24.0 Å². The SMILES string of the molecule is Cc1ccccc1-c1nnc(CC(C)(C)CC(=O)O)o1. The van der Waals surface area contributed by atoms with Crippen molar-refractivity contribution in [2.24, 2.45) is 5.41 Å². The van der Waals surface area contributed by atoms with Crippen LogP contribution in [0, 0.1) is 12.3 Å². The zero-order valence-electron chi connectivity index (χ0n) is 11.9. The van der Waals surface area contributed by atoms with Crippen LogP contribution in [0.1, 0.15) is 31.7 Å². The second-order valence-electron chi connectivity index (χ2n) is 5.73. The molecule has 0 aliphatic heterocycles. The molecule has 0 unspecified atom stereocenters. The summed E-state index contributed by atoms with van der Waals surface area (Å²) in [5.41, 5.74) is 1.55. The first-order valence-electron chi connectivity index (χ1n) is 6.47. The van der Waals surface area contributed by atoms with Gasteiger partial charge in [-0.3, -0.25) is 4.79 Å². The molecule has 1 aromatic carbocycles. The van der Waals surface area contributed by atoms with E-state index in [4.69, 9.17) is 9.52 Å². The molecule has 1 N–H and O–H groups in total. The average Bonchev–Trinajstić information content (AvgIpc) is 2.75. The van der Waals surface area contributed by atoms with Crippen molar-refractivity contribution in [2.75, 3.05) is 0 Å². The molecule has 0 saturated heterocycles. The Morgan fingerprint density at radius 3 is 2.65 bits per heavy atom. The van der Waals surface area contributed by atoms with Crippen LogP contribution in [0.5, 0.6) is 0 Å². The highest BCUT2D eigenvalue weighted by molar-refractivity contribution is 5.67. The van der Waals surface area contributed by atoms with E-state index in [1.807, 2.05) is 45.0 Å². The number of hydrogen-bond donors (Lipinski definition) is 1. The minimum atomic E-state index is -0.825. The van der Waals surface area contributed by atoms with E-state index in [2.05, 4.69) is 10.2 Å². The maximum Gasteiger partial charge on any atom is 0.303 e. The first-order chi connectivity index (χ1) is 9.37. The van der Waals surface area contributed by atoms with Crippen molar-refractivity contribution < 1.29 is 14.3 Å². The minimum absolute atomic E-state index is 0.0646. The van der Waals surface area contributed by atoms with Crippen LogP contribution in [-0.4, -0.2) is 21.3 Å². The molecule has 1 aromatic heterocycles. The van der Waals surface area contributed by atoms with Gasteiger partial charge in [0.25, 0.3) is 0 Å². The molecule has 0 aliphatic carbocycles. The van der Waals surface area contributed by atoms with Gasteiger partial charge >= 0.3 is 5.97 Å². The number of rotatable bonds is 5. The molecule has 0 saturated carbocycles. The van der Waals surface area contributed by atoms with E-state index in [-0.39, 0.29) is 6.42 Å². The Kier molecular flexibility index (Phi) is 3.88. The third kappa shape index (κ3) is 3.44. The van der Waals surface area contributed by atoms with Crippen molar-refractivity contribution in [1.82, 2.24) is 10.2 Å². The number of benzene rings is 1. The van der Waals surface area contributed by atoms with Gasteiger partial charge < -0.3 is 9.52 Å². The average molecular weight is 274 g/mol. The lowest BCUT2D eigenvalue weighted by atomic mass is 9.86. The molecule has 2 rings (SSSR count). The first kappa shape index (κ1) is 14.2. The Morgan fingerprint density at radius 2 is 2.00 bits per heavy atom. The molecule has 0 fully saturated rings. The van der Waals surface area contributed by atoms with E-state index in [1.54, 1.807) is 0 Å². The Hall–Kier alpha value is -2.17. The van der Waals surface area contributed by atoms with E-state index in [1.165, 1.54) is 0 Å². The van der Waals surface area contributed by atoms with E-state index in [0.29, 0.717) is 18.2 Å². The van der Waals surface area contributed by atoms with Gasteiger partial charge in [-0.2, -0.15) is 0 Å². The van der Waals surface area contributed by atoms with Gasteiger partial charge in [0, 0.05) is 12.0 Å². The Bertz CT molecular complexity index is 617. The molecular formula is C15H18N2O3. The zero-order valence-corrected chi connectivity index (χ0v) is 11.9. The van der Waals surface area contributed by atoms with Gasteiger partial charge in [0.1, 0.15) is 0 Å². The number of aromatic nitrogens is 2. The normalized spacial score (nSPS) is 11.6. The lowest BCUT2D eigenvalue weighted by Gasteiger charge is -2.19. The third-order valence-electron chi connectivity index (χ3n) is 3.10. The van der Waals surface area contributed by atoms with Gasteiger partial charge in [0.15, 0.2) is 0 Å². The van der Waals surface area contributed by atoms with Gasteiger partial charge in [-0.15, -0.1) is 10.2 Å². The lowest BCUT2D eigenvalue weighted by molar-refractivity contribution is -0.139. The van der Waals surface area contributed by atoms with Crippen molar-refractivity contribution >= 4 is 5.97 Å². The second-order valence-corrected chi connectivity index (χ2v) is 5.73. The fourth-order valence-electron chi connectivity index (χ4n) is 2.13. The van der Waals surface area contributed by atoms with E-state index in [0.717, 1.165) is 11.1 Å². The summed E-state index contributed by atoms with van der Waals surface area (Å²) in [7, 11) is 0. The van der Waals surface area contributed by atoms with Crippen molar-refractivity contribution in [2.45, 2.75) is 33.6 Å². The van der Waals surface area contributed by atoms with Crippen molar-refractivity contribution in [1.29, 1.82) is 0 Å². The molecule has 0 spiro atoms. The molecule has 106 valence electrons. The molecule has 0 aliphatic rings. The zero-order chi connectivity index (χ0) is 14.8. The molecule has 20 heavy (non-hydrogen) atoms. The molecule has 5 heteroatoms. The predicted molar refractivity (Wildman–Crippen MR) is 74.2 cm³/mol. The van der Waals surface area contributed by atoms with Gasteiger partial charge in [0.2, 0.25) is 11.8 Å². The summed E-state index contributed by atoms with van der Waals surface area (Å²) in [4.78, 5) is 10.8. The van der Waals surface area contributed by atoms with E-state index < -0.39 is 11.4 Å². The summed E-state index contributed by atoms with van der Waals surface area (Å²) in [6.07, 6.45) is 0.507. The summed E-state index contributed by atoms with van der Waals surface area (Å²) in [6, 6.07) is 7.77. The maximum atomic E-state index is 10.8. The van der Waals surface area contributed by atoms with Gasteiger partial charge in [-0.1, -0.05) is 32.0 Å². The van der Waals surface area contributed by atoms with Crippen LogP contribution >= 0.6 is 0 Å². The second kappa shape index (κ2) is 5.45. The molecular weight excluding hydrogens is 256 g/mol. The van der Waals surface area contributed by atoms with Crippen molar-refractivity contribution in [3.05, 3.63) is 35.7 Å². The summed E-state index contributed by atoms with van der Waals surface area (Å²) in [5.74, 6) is 0.118. The molecule has 0 amide bonds. The summed E-state index contributed by atoms with van der Waals surface area (Å²) in [6.45, 7) is 5.73. The first-order valence-corrected chi connectivity index (χ1v) is 6.47. The number of carbonyl (C=O) groups is 1. The Balaban J connectivity index is 2.18. The van der Waals surface area contributed by atoms with Crippen molar-refractivity contribution in [3.8, 4) is 11.5 Å². The van der Waals surface area contributed by atoms with E-state index >= 15 is 0 Å². The van der Waals surface area contributed by atoms with Crippen LogP contribution in [-0.2, 0) is 11.2 Å². The highest BCUT2D eigenvalue weighted by Crippen LogP contribution is 2.27. The minimum Gasteiger partial charge on any atom is -0.481 e. The molecule has 0 atom stereocenters. The van der Waals surface area contributed by atoms with Crippen LogP contribution in [0.2, 0.25) is 0 Å². The topological polar surface area (TPSA) is 76.2 Å². The number of aryl methyl sites for hydroxylation is 1. The Morgan fingerprint density at radius 1 is 1.30 bits per heavy atom. The highest BCUT2D eigenvalue weighted by atomic mass is 16.4. The van der Waals surface area contributed by atoms with Crippen LogP contribution in [0.4, 0.5) is 0 Å². The molecule has 0 radical (unpaired) electrons. The van der Waals surface area contributed by atoms with Crippen LogP contribution in [0.25, 0.3) is 11.5 Å². The molecule has 5 nitrogen and oxygen atoms in total. The Labute approximate surface area is 117 Å². The number of carboxylic acid groups (broad SMARTS) is 1. The monoisotopic (exact) mass is 274 g/mol. The molecule has 1 heterocycles. The van der Waals surface area contributed by atoms with Crippen LogP contribution < -0.4 is 0 Å². The largest absolute Gasteiger partial charge is 0.481 e. The summed E-state index contributed by atoms with van der Waals surface area (Å²) >= 11 is 0. The summed E-state index contributed by atoms with van der Waals surface area (Å²) in [5, 5.41) is 16.9. The smallest absolute Gasteiger partial charge is 0.303 e. The predicted octanol–water partition coefficient (Wildman–Crippen LogP) is 3.09. The number of nitrogens with zero attached hydrogens (tertiary/aromatic N) is 2. The lowest BCUT2D eigenvalue weighted by Crippen LogP contribution is -2.19. The summed E-state index contributed by atoms with van der Waals surface area (Å²) < 4.78 is 5.65. The van der Waals surface area contributed by atoms with Crippen LogP contribution in [0.3, 0.4) is 0 Å². The fraction of sp³-hybridized carbons (Fsp3) is 0.400. The quantitative estimate of drug-likeness (QED) is 0.906. The standard InChI is InChI=1S/C15H18N2O3/c1-10-6-4-5-7-11(10)14-17-16-12(20-14)8-15(2,3)9-13(18)19/h4-7H,8-9H2,1-3H3,(H,18,19). The highest BCUT2D eigenvalue weighted by Gasteiger charge is 2.25.